The molecule has 106 valence electrons. The van der Waals surface area contributed by atoms with Crippen LogP contribution in [0.1, 0.15) is 25.8 Å². The summed E-state index contributed by atoms with van der Waals surface area (Å²) < 4.78 is 0. The molecule has 1 N–H and O–H groups in total. The van der Waals surface area contributed by atoms with Gasteiger partial charge in [0, 0.05) is 19.5 Å². The van der Waals surface area contributed by atoms with Crippen molar-refractivity contribution in [2.45, 2.75) is 26.7 Å². The smallest absolute Gasteiger partial charge is 0.220 e. The molecule has 1 amide bonds. The minimum absolute atomic E-state index is 0.103. The molecule has 3 nitrogen and oxygen atoms in total. The third-order valence-electron chi connectivity index (χ3n) is 2.99. The molecule has 0 aliphatic heterocycles. The van der Waals surface area contributed by atoms with E-state index in [4.69, 9.17) is 0 Å². The highest BCUT2D eigenvalue weighted by atomic mass is 16.1. The molecular weight excluding hydrogens is 236 g/mol. The highest BCUT2D eigenvalue weighted by Crippen LogP contribution is 2.14. The van der Waals surface area contributed by atoms with Crippen molar-refractivity contribution in [2.24, 2.45) is 5.41 Å². The molecule has 0 aliphatic carbocycles. The molecule has 0 bridgehead atoms. The molecule has 3 heteroatoms. The SMILES string of the molecule is CN(C)CC(C)(C)CNC(=O)CCc1ccccc1. The summed E-state index contributed by atoms with van der Waals surface area (Å²) in [5.74, 6) is 0.135. The van der Waals surface area contributed by atoms with Crippen LogP contribution in [-0.2, 0) is 11.2 Å². The van der Waals surface area contributed by atoms with Crippen molar-refractivity contribution in [3.8, 4) is 0 Å². The summed E-state index contributed by atoms with van der Waals surface area (Å²) in [6.45, 7) is 6.03. The molecule has 0 saturated heterocycles. The van der Waals surface area contributed by atoms with Gasteiger partial charge in [0.2, 0.25) is 5.91 Å². The van der Waals surface area contributed by atoms with Gasteiger partial charge < -0.3 is 10.2 Å². The van der Waals surface area contributed by atoms with E-state index < -0.39 is 0 Å². The Labute approximate surface area is 117 Å². The second-order valence-corrected chi connectivity index (χ2v) is 6.16. The minimum atomic E-state index is 0.103. The van der Waals surface area contributed by atoms with Crippen LogP contribution in [0, 0.1) is 5.41 Å². The summed E-state index contributed by atoms with van der Waals surface area (Å²) in [7, 11) is 4.11. The number of aryl methyl sites for hydroxylation is 1. The van der Waals surface area contributed by atoms with Gasteiger partial charge in [-0.25, -0.2) is 0 Å². The molecule has 0 aliphatic rings. The zero-order valence-corrected chi connectivity index (χ0v) is 12.6. The molecular formula is C16H26N2O. The van der Waals surface area contributed by atoms with Gasteiger partial charge >= 0.3 is 0 Å². The minimum Gasteiger partial charge on any atom is -0.356 e. The van der Waals surface area contributed by atoms with Crippen LogP contribution in [0.5, 0.6) is 0 Å². The average Bonchev–Trinajstić information content (AvgIpc) is 2.34. The molecule has 0 spiro atoms. The van der Waals surface area contributed by atoms with Gasteiger partial charge in [0.15, 0.2) is 0 Å². The van der Waals surface area contributed by atoms with Gasteiger partial charge in [0.1, 0.15) is 0 Å². The van der Waals surface area contributed by atoms with Crippen LogP contribution in [-0.4, -0.2) is 38.0 Å². The fourth-order valence-corrected chi connectivity index (χ4v) is 2.24. The first-order chi connectivity index (χ1) is 8.89. The summed E-state index contributed by atoms with van der Waals surface area (Å²) in [6.07, 6.45) is 1.36. The quantitative estimate of drug-likeness (QED) is 0.818. The molecule has 0 heterocycles. The second-order valence-electron chi connectivity index (χ2n) is 6.16. The Morgan fingerprint density at radius 1 is 1.21 bits per heavy atom. The maximum atomic E-state index is 11.8. The van der Waals surface area contributed by atoms with Crippen molar-refractivity contribution in [2.75, 3.05) is 27.2 Å². The van der Waals surface area contributed by atoms with E-state index in [2.05, 4.69) is 50.3 Å². The normalized spacial score (nSPS) is 11.6. The lowest BCUT2D eigenvalue weighted by atomic mass is 9.93. The van der Waals surface area contributed by atoms with E-state index in [0.29, 0.717) is 6.42 Å². The zero-order chi connectivity index (χ0) is 14.3. The van der Waals surface area contributed by atoms with E-state index in [1.807, 2.05) is 18.2 Å². The molecule has 0 fully saturated rings. The predicted octanol–water partition coefficient (Wildman–Crippen LogP) is 2.32. The largest absolute Gasteiger partial charge is 0.356 e. The lowest BCUT2D eigenvalue weighted by Crippen LogP contribution is -2.40. The Kier molecular flexibility index (Phi) is 6.03. The number of rotatable bonds is 7. The topological polar surface area (TPSA) is 32.3 Å². The highest BCUT2D eigenvalue weighted by molar-refractivity contribution is 5.76. The Bertz CT molecular complexity index is 385. The molecule has 1 aromatic carbocycles. The number of nitrogens with zero attached hydrogens (tertiary/aromatic N) is 1. The number of nitrogens with one attached hydrogen (secondary N) is 1. The van der Waals surface area contributed by atoms with Gasteiger partial charge in [-0.2, -0.15) is 0 Å². The summed E-state index contributed by atoms with van der Waals surface area (Å²) in [4.78, 5) is 14.0. The first-order valence-corrected chi connectivity index (χ1v) is 6.84. The lowest BCUT2D eigenvalue weighted by molar-refractivity contribution is -0.121. The fourth-order valence-electron chi connectivity index (χ4n) is 2.24. The summed E-state index contributed by atoms with van der Waals surface area (Å²) in [5.41, 5.74) is 1.32. The maximum absolute atomic E-state index is 11.8. The second kappa shape index (κ2) is 7.29. The van der Waals surface area contributed by atoms with Crippen LogP contribution in [0.2, 0.25) is 0 Å². The maximum Gasteiger partial charge on any atom is 0.220 e. The number of carbonyl (C=O) groups is 1. The number of benzene rings is 1. The number of carbonyl (C=O) groups excluding carboxylic acids is 1. The van der Waals surface area contributed by atoms with Gasteiger partial charge in [0.25, 0.3) is 0 Å². The molecule has 19 heavy (non-hydrogen) atoms. The Balaban J connectivity index is 2.28. The Morgan fingerprint density at radius 2 is 1.84 bits per heavy atom. The van der Waals surface area contributed by atoms with Gasteiger partial charge in [-0.05, 0) is 31.5 Å². The molecule has 0 saturated carbocycles. The van der Waals surface area contributed by atoms with Crippen molar-refractivity contribution in [1.29, 1.82) is 0 Å². The molecule has 1 aromatic rings. The van der Waals surface area contributed by atoms with Gasteiger partial charge in [-0.1, -0.05) is 44.2 Å². The van der Waals surface area contributed by atoms with E-state index in [0.717, 1.165) is 19.5 Å². The predicted molar refractivity (Wildman–Crippen MR) is 80.1 cm³/mol. The van der Waals surface area contributed by atoms with Crippen molar-refractivity contribution in [3.63, 3.8) is 0 Å². The number of hydrogen-bond donors (Lipinski definition) is 1. The van der Waals surface area contributed by atoms with E-state index in [1.165, 1.54) is 5.56 Å². The van der Waals surface area contributed by atoms with Crippen LogP contribution in [0.15, 0.2) is 30.3 Å². The Hall–Kier alpha value is -1.35. The first kappa shape index (κ1) is 15.7. The van der Waals surface area contributed by atoms with Crippen molar-refractivity contribution >= 4 is 5.91 Å². The van der Waals surface area contributed by atoms with E-state index in [9.17, 15) is 4.79 Å². The molecule has 1 rings (SSSR count). The van der Waals surface area contributed by atoms with E-state index in [-0.39, 0.29) is 11.3 Å². The molecule has 0 aromatic heterocycles. The lowest BCUT2D eigenvalue weighted by Gasteiger charge is -2.28. The Morgan fingerprint density at radius 3 is 2.42 bits per heavy atom. The van der Waals surface area contributed by atoms with E-state index >= 15 is 0 Å². The van der Waals surface area contributed by atoms with E-state index in [1.54, 1.807) is 0 Å². The van der Waals surface area contributed by atoms with Crippen LogP contribution >= 0.6 is 0 Å². The summed E-state index contributed by atoms with van der Waals surface area (Å²) >= 11 is 0. The fraction of sp³-hybridized carbons (Fsp3) is 0.562. The standard InChI is InChI=1S/C16H26N2O/c1-16(2,13-18(3)4)12-17-15(19)11-10-14-8-6-5-7-9-14/h5-9H,10-13H2,1-4H3,(H,17,19). The third kappa shape index (κ3) is 6.97. The van der Waals surface area contributed by atoms with Crippen molar-refractivity contribution in [1.82, 2.24) is 10.2 Å². The summed E-state index contributed by atoms with van der Waals surface area (Å²) in [5, 5.41) is 3.03. The molecule has 0 radical (unpaired) electrons. The van der Waals surface area contributed by atoms with Gasteiger partial charge in [-0.3, -0.25) is 4.79 Å². The van der Waals surface area contributed by atoms with Gasteiger partial charge in [0.05, 0.1) is 0 Å². The van der Waals surface area contributed by atoms with Crippen molar-refractivity contribution in [3.05, 3.63) is 35.9 Å². The molecule has 0 unspecified atom stereocenters. The van der Waals surface area contributed by atoms with Gasteiger partial charge in [-0.15, -0.1) is 0 Å². The highest BCUT2D eigenvalue weighted by Gasteiger charge is 2.19. The average molecular weight is 262 g/mol. The van der Waals surface area contributed by atoms with Crippen LogP contribution in [0.4, 0.5) is 0 Å². The monoisotopic (exact) mass is 262 g/mol. The summed E-state index contributed by atoms with van der Waals surface area (Å²) in [6, 6.07) is 10.1. The van der Waals surface area contributed by atoms with Crippen LogP contribution in [0.3, 0.4) is 0 Å². The van der Waals surface area contributed by atoms with Crippen LogP contribution in [0.25, 0.3) is 0 Å². The van der Waals surface area contributed by atoms with Crippen LogP contribution < -0.4 is 5.32 Å². The van der Waals surface area contributed by atoms with Crippen molar-refractivity contribution < 1.29 is 4.79 Å². The zero-order valence-electron chi connectivity index (χ0n) is 12.6. The number of amides is 1. The number of hydrogen-bond acceptors (Lipinski definition) is 2. The molecule has 0 atom stereocenters. The third-order valence-corrected chi connectivity index (χ3v) is 2.99. The first-order valence-electron chi connectivity index (χ1n) is 6.84.